The highest BCUT2D eigenvalue weighted by atomic mass is 32.2. The topological polar surface area (TPSA) is 136 Å². The van der Waals surface area contributed by atoms with Gasteiger partial charge in [-0.1, -0.05) is 6.07 Å². The number of halogens is 6. The van der Waals surface area contributed by atoms with Gasteiger partial charge in [0.15, 0.2) is 11.5 Å². The van der Waals surface area contributed by atoms with E-state index < -0.39 is 50.4 Å². The monoisotopic (exact) mass is 621 g/mol. The summed E-state index contributed by atoms with van der Waals surface area (Å²) in [6.07, 6.45) is -9.00. The Morgan fingerprint density at radius 2 is 1.86 bits per heavy atom. The quantitative estimate of drug-likeness (QED) is 0.324. The minimum absolute atomic E-state index is 0.0218. The first-order valence-corrected chi connectivity index (χ1v) is 14.1. The van der Waals surface area contributed by atoms with Crippen LogP contribution in [0.2, 0.25) is 0 Å². The molecule has 1 saturated carbocycles. The minimum Gasteiger partial charge on any atom is -0.380 e. The lowest BCUT2D eigenvalue weighted by Crippen LogP contribution is -2.70. The summed E-state index contributed by atoms with van der Waals surface area (Å²) in [5.41, 5.74) is 4.28. The van der Waals surface area contributed by atoms with Crippen LogP contribution in [0.3, 0.4) is 0 Å². The first-order chi connectivity index (χ1) is 19.3. The van der Waals surface area contributed by atoms with Gasteiger partial charge in [-0.15, -0.1) is 5.10 Å². The third kappa shape index (κ3) is 5.04. The van der Waals surface area contributed by atoms with Gasteiger partial charge in [-0.05, 0) is 61.7 Å². The predicted molar refractivity (Wildman–Crippen MR) is 134 cm³/mol. The van der Waals surface area contributed by atoms with Crippen LogP contribution in [0, 0.1) is 12.8 Å². The molecular formula is C24H25F6N7O4S. The van der Waals surface area contributed by atoms with Gasteiger partial charge < -0.3 is 10.6 Å². The molecule has 3 aliphatic rings. The van der Waals surface area contributed by atoms with Crippen molar-refractivity contribution in [1.29, 1.82) is 0 Å². The molecule has 2 aliphatic heterocycles. The molecule has 18 heteroatoms. The first-order valence-electron chi connectivity index (χ1n) is 12.6. The molecule has 2 bridgehead atoms. The van der Waals surface area contributed by atoms with Crippen LogP contribution in [-0.4, -0.2) is 74.2 Å². The highest BCUT2D eigenvalue weighted by molar-refractivity contribution is 7.89. The molecule has 0 radical (unpaired) electrons. The minimum atomic E-state index is -5.48. The fraction of sp³-hybridized carbons (Fsp3) is 0.500. The average molecular weight is 622 g/mol. The Balaban J connectivity index is 1.62. The molecule has 2 N–H and O–H groups in total. The number of benzene rings is 1. The molecule has 42 heavy (non-hydrogen) atoms. The molecule has 2 aromatic heterocycles. The van der Waals surface area contributed by atoms with E-state index in [1.54, 1.807) is 0 Å². The largest absolute Gasteiger partial charge is 0.492 e. The van der Waals surface area contributed by atoms with E-state index >= 15 is 0 Å². The normalized spacial score (nSPS) is 21.6. The summed E-state index contributed by atoms with van der Waals surface area (Å²) in [6.45, 7) is 5.85. The number of hydroxylamine groups is 1. The predicted octanol–water partition coefficient (Wildman–Crippen LogP) is 3.58. The van der Waals surface area contributed by atoms with Crippen LogP contribution in [0.25, 0.3) is 16.9 Å². The van der Waals surface area contributed by atoms with E-state index in [0.717, 1.165) is 22.8 Å². The standard InChI is InChI=1S/C24H25F6N7O4S/c1-12(2)35-10-14-7-22(8-14,11-35)37(41-21(38)24(28,29)30)42(39,40)15-5-4-13(3)16(6-15)17-9-32-19-18(31)33-20(23(25,26)27)34-36(17)19/h4-6,9,12,14H,7-8,10-11H2,1-3H3,(H2,31,33,34). The van der Waals surface area contributed by atoms with E-state index in [4.69, 9.17) is 5.73 Å². The van der Waals surface area contributed by atoms with Gasteiger partial charge >= 0.3 is 18.3 Å². The van der Waals surface area contributed by atoms with E-state index in [0.29, 0.717) is 12.1 Å². The van der Waals surface area contributed by atoms with Gasteiger partial charge in [0, 0.05) is 24.7 Å². The lowest BCUT2D eigenvalue weighted by molar-refractivity contribution is -0.253. The van der Waals surface area contributed by atoms with E-state index in [1.807, 2.05) is 18.7 Å². The second-order valence-corrected chi connectivity index (χ2v) is 12.6. The molecule has 6 rings (SSSR count). The van der Waals surface area contributed by atoms with Crippen LogP contribution in [0.15, 0.2) is 29.3 Å². The third-order valence-electron chi connectivity index (χ3n) is 7.49. The number of hydrogen-bond donors (Lipinski definition) is 1. The highest BCUT2D eigenvalue weighted by Gasteiger charge is 2.61. The Bertz CT molecular complexity index is 1670. The maximum absolute atomic E-state index is 14.0. The fourth-order valence-electron chi connectivity index (χ4n) is 5.52. The van der Waals surface area contributed by atoms with Crippen LogP contribution in [0.1, 0.15) is 38.1 Å². The fourth-order valence-corrected chi connectivity index (χ4v) is 7.10. The van der Waals surface area contributed by atoms with E-state index in [-0.39, 0.29) is 52.7 Å². The lowest BCUT2D eigenvalue weighted by Gasteiger charge is -2.59. The number of rotatable bonds is 6. The Morgan fingerprint density at radius 1 is 1.19 bits per heavy atom. The van der Waals surface area contributed by atoms with Gasteiger partial charge in [-0.25, -0.2) is 27.7 Å². The summed E-state index contributed by atoms with van der Waals surface area (Å²) in [4.78, 5) is 25.1. The molecule has 3 aromatic rings. The summed E-state index contributed by atoms with van der Waals surface area (Å²) >= 11 is 0. The number of nitrogens with zero attached hydrogens (tertiary/aromatic N) is 6. The van der Waals surface area contributed by atoms with Crippen molar-refractivity contribution < 1.29 is 44.4 Å². The van der Waals surface area contributed by atoms with E-state index in [1.165, 1.54) is 13.0 Å². The van der Waals surface area contributed by atoms with Crippen molar-refractivity contribution in [2.24, 2.45) is 5.92 Å². The Labute approximate surface area is 235 Å². The van der Waals surface area contributed by atoms with Crippen molar-refractivity contribution in [3.8, 4) is 11.3 Å². The number of sulfonamides is 1. The summed E-state index contributed by atoms with van der Waals surface area (Å²) < 4.78 is 109. The summed E-state index contributed by atoms with van der Waals surface area (Å²) in [5, 5.41) is 3.47. The first kappa shape index (κ1) is 30.0. The van der Waals surface area contributed by atoms with E-state index in [2.05, 4.69) is 19.9 Å². The summed E-state index contributed by atoms with van der Waals surface area (Å²) in [5.74, 6) is -4.88. The number of alkyl halides is 6. The molecule has 11 nitrogen and oxygen atoms in total. The van der Waals surface area contributed by atoms with Gasteiger partial charge in [0.1, 0.15) is 0 Å². The molecule has 0 spiro atoms. The van der Waals surface area contributed by atoms with Crippen molar-refractivity contribution in [2.75, 3.05) is 18.8 Å². The second-order valence-electron chi connectivity index (χ2n) is 10.8. The van der Waals surface area contributed by atoms with Crippen molar-refractivity contribution in [3.05, 3.63) is 35.8 Å². The number of hydrogen-bond acceptors (Lipinski definition) is 9. The summed E-state index contributed by atoms with van der Waals surface area (Å²) in [7, 11) is -4.95. The third-order valence-corrected chi connectivity index (χ3v) is 9.23. The molecule has 1 aliphatic carbocycles. The molecule has 1 aromatic carbocycles. The summed E-state index contributed by atoms with van der Waals surface area (Å²) in [6, 6.07) is 3.40. The number of aryl methyl sites for hydroxylation is 1. The molecule has 2 saturated heterocycles. The molecule has 0 unspecified atom stereocenters. The molecule has 228 valence electrons. The number of anilines is 1. The average Bonchev–Trinajstić information content (AvgIpc) is 3.30. The van der Waals surface area contributed by atoms with Crippen molar-refractivity contribution in [3.63, 3.8) is 0 Å². The van der Waals surface area contributed by atoms with Crippen LogP contribution in [-0.2, 0) is 25.8 Å². The molecule has 4 heterocycles. The smallest absolute Gasteiger partial charge is 0.380 e. The number of imidazole rings is 1. The Morgan fingerprint density at radius 3 is 2.45 bits per heavy atom. The van der Waals surface area contributed by atoms with Crippen molar-refractivity contribution in [2.45, 2.75) is 62.4 Å². The number of nitrogen functional groups attached to an aromatic ring is 1. The van der Waals surface area contributed by atoms with Crippen LogP contribution < -0.4 is 5.73 Å². The van der Waals surface area contributed by atoms with Crippen LogP contribution in [0.5, 0.6) is 0 Å². The van der Waals surface area contributed by atoms with E-state index in [9.17, 15) is 39.6 Å². The number of aromatic nitrogens is 4. The van der Waals surface area contributed by atoms with Crippen LogP contribution in [0.4, 0.5) is 32.2 Å². The molecular weight excluding hydrogens is 596 g/mol. The molecule has 3 fully saturated rings. The number of carbonyl (C=O) groups excluding carboxylic acids is 1. The SMILES string of the molecule is Cc1ccc(S(=O)(=O)N(OC(=O)C(F)(F)F)C23CC(CN(C(C)C)C2)C3)cc1-c1cnc2c(N)nc(C(F)(F)F)nn12. The van der Waals surface area contributed by atoms with Crippen molar-refractivity contribution in [1.82, 2.24) is 29.0 Å². The number of fused-ring (bicyclic) bond motifs is 3. The number of piperidine rings is 2. The lowest BCUT2D eigenvalue weighted by atomic mass is 9.65. The second kappa shape index (κ2) is 9.77. The zero-order valence-corrected chi connectivity index (χ0v) is 23.2. The molecule has 0 atom stereocenters. The molecule has 0 amide bonds. The maximum atomic E-state index is 14.0. The van der Waals surface area contributed by atoms with Gasteiger partial charge in [-0.3, -0.25) is 4.90 Å². The Kier molecular flexibility index (Phi) is 6.97. The van der Waals surface area contributed by atoms with Crippen LogP contribution >= 0.6 is 0 Å². The Hall–Kier alpha value is -3.51. The zero-order valence-electron chi connectivity index (χ0n) is 22.4. The van der Waals surface area contributed by atoms with Gasteiger partial charge in [0.05, 0.1) is 22.3 Å². The number of nitrogens with two attached hydrogens (primary N) is 1. The van der Waals surface area contributed by atoms with Gasteiger partial charge in [0.25, 0.3) is 15.8 Å². The number of carbonyl (C=O) groups is 1. The zero-order chi connectivity index (χ0) is 31.0. The van der Waals surface area contributed by atoms with Gasteiger partial charge in [0.2, 0.25) is 0 Å². The highest BCUT2D eigenvalue weighted by Crippen LogP contribution is 2.50. The van der Waals surface area contributed by atoms with Gasteiger partial charge in [-0.2, -0.15) is 26.3 Å². The van der Waals surface area contributed by atoms with Crippen molar-refractivity contribution >= 4 is 27.5 Å². The maximum Gasteiger partial charge on any atom is 0.492 e.